The molecule has 0 N–H and O–H groups in total. The Hall–Kier alpha value is -2.30. The van der Waals surface area contributed by atoms with E-state index in [1.54, 1.807) is 7.11 Å². The SMILES string of the molecule is COc1cccc(CC(=O)N2CCC(c3onc4c3CCCC4)CC2)c1. The van der Waals surface area contributed by atoms with Crippen LogP contribution >= 0.6 is 0 Å². The maximum absolute atomic E-state index is 12.6. The first-order chi connectivity index (χ1) is 12.7. The van der Waals surface area contributed by atoms with E-state index in [2.05, 4.69) is 5.16 Å². The number of fused-ring (bicyclic) bond motifs is 1. The summed E-state index contributed by atoms with van der Waals surface area (Å²) in [6.07, 6.45) is 6.96. The third kappa shape index (κ3) is 3.48. The van der Waals surface area contributed by atoms with Crippen LogP contribution in [0.4, 0.5) is 0 Å². The summed E-state index contributed by atoms with van der Waals surface area (Å²) in [6.45, 7) is 1.59. The van der Waals surface area contributed by atoms with Crippen molar-refractivity contribution < 1.29 is 14.1 Å². The number of methoxy groups -OCH3 is 1. The maximum atomic E-state index is 12.6. The molecule has 138 valence electrons. The van der Waals surface area contributed by atoms with E-state index in [1.807, 2.05) is 29.2 Å². The van der Waals surface area contributed by atoms with Gasteiger partial charge >= 0.3 is 0 Å². The number of hydrogen-bond acceptors (Lipinski definition) is 4. The molecule has 1 aromatic heterocycles. The number of rotatable bonds is 4. The van der Waals surface area contributed by atoms with E-state index >= 15 is 0 Å². The fourth-order valence-electron chi connectivity index (χ4n) is 4.20. The van der Waals surface area contributed by atoms with Gasteiger partial charge in [0.2, 0.25) is 5.91 Å². The zero-order chi connectivity index (χ0) is 17.9. The van der Waals surface area contributed by atoms with Crippen molar-refractivity contribution in [3.63, 3.8) is 0 Å². The van der Waals surface area contributed by atoms with Gasteiger partial charge in [0.05, 0.1) is 19.2 Å². The minimum Gasteiger partial charge on any atom is -0.497 e. The van der Waals surface area contributed by atoms with Gasteiger partial charge in [-0.2, -0.15) is 0 Å². The van der Waals surface area contributed by atoms with Crippen LogP contribution in [0.3, 0.4) is 0 Å². The van der Waals surface area contributed by atoms with Crippen molar-refractivity contribution >= 4 is 5.91 Å². The molecule has 1 amide bonds. The van der Waals surface area contributed by atoms with Crippen LogP contribution in [0, 0.1) is 0 Å². The van der Waals surface area contributed by atoms with Crippen molar-refractivity contribution in [2.24, 2.45) is 0 Å². The van der Waals surface area contributed by atoms with Crippen LogP contribution in [-0.4, -0.2) is 36.2 Å². The molecule has 2 aromatic rings. The Morgan fingerprint density at radius 3 is 2.88 bits per heavy atom. The van der Waals surface area contributed by atoms with Gasteiger partial charge in [-0.05, 0) is 56.2 Å². The van der Waals surface area contributed by atoms with E-state index in [9.17, 15) is 4.79 Å². The number of likely N-dealkylation sites (tertiary alicyclic amines) is 1. The summed E-state index contributed by atoms with van der Waals surface area (Å²) in [5.74, 6) is 2.49. The van der Waals surface area contributed by atoms with Crippen LogP contribution in [0.25, 0.3) is 0 Å². The molecule has 0 spiro atoms. The van der Waals surface area contributed by atoms with Crippen molar-refractivity contribution in [1.82, 2.24) is 10.1 Å². The second-order valence-corrected chi connectivity index (χ2v) is 7.36. The highest BCUT2D eigenvalue weighted by Gasteiger charge is 2.30. The fraction of sp³-hybridized carbons (Fsp3) is 0.524. The second-order valence-electron chi connectivity index (χ2n) is 7.36. The highest BCUT2D eigenvalue weighted by atomic mass is 16.5. The lowest BCUT2D eigenvalue weighted by molar-refractivity contribution is -0.131. The van der Waals surface area contributed by atoms with E-state index in [1.165, 1.54) is 24.1 Å². The summed E-state index contributed by atoms with van der Waals surface area (Å²) < 4.78 is 10.9. The predicted octanol–water partition coefficient (Wildman–Crippen LogP) is 3.51. The summed E-state index contributed by atoms with van der Waals surface area (Å²) in [7, 11) is 1.65. The van der Waals surface area contributed by atoms with Crippen molar-refractivity contribution in [3.05, 3.63) is 46.8 Å². The summed E-state index contributed by atoms with van der Waals surface area (Å²) in [4.78, 5) is 14.6. The number of carbonyl (C=O) groups is 1. The van der Waals surface area contributed by atoms with Gasteiger partial charge in [0.1, 0.15) is 11.5 Å². The number of aromatic nitrogens is 1. The molecule has 1 aromatic carbocycles. The molecule has 2 heterocycles. The minimum absolute atomic E-state index is 0.191. The van der Waals surface area contributed by atoms with Gasteiger partial charge in [0.25, 0.3) is 0 Å². The van der Waals surface area contributed by atoms with E-state index in [4.69, 9.17) is 9.26 Å². The molecule has 1 saturated heterocycles. The lowest BCUT2D eigenvalue weighted by Crippen LogP contribution is -2.38. The second kappa shape index (κ2) is 7.52. The standard InChI is InChI=1S/C21H26N2O3/c1-25-17-6-4-5-15(13-17)14-20(24)23-11-9-16(10-12-23)21-18-7-2-3-8-19(18)22-26-21/h4-6,13,16H,2-3,7-12,14H2,1H3. The highest BCUT2D eigenvalue weighted by Crippen LogP contribution is 2.35. The largest absolute Gasteiger partial charge is 0.497 e. The number of hydrogen-bond donors (Lipinski definition) is 0. The number of aryl methyl sites for hydroxylation is 1. The Bertz CT molecular complexity index is 775. The molecular formula is C21H26N2O3. The zero-order valence-electron chi connectivity index (χ0n) is 15.4. The van der Waals surface area contributed by atoms with Gasteiger partial charge in [-0.3, -0.25) is 4.79 Å². The fourth-order valence-corrected chi connectivity index (χ4v) is 4.20. The van der Waals surface area contributed by atoms with Crippen LogP contribution in [-0.2, 0) is 24.1 Å². The highest BCUT2D eigenvalue weighted by molar-refractivity contribution is 5.79. The molecule has 4 rings (SSSR count). The molecule has 26 heavy (non-hydrogen) atoms. The molecule has 0 unspecified atom stereocenters. The van der Waals surface area contributed by atoms with Crippen molar-refractivity contribution in [2.45, 2.75) is 50.9 Å². The molecular weight excluding hydrogens is 328 g/mol. The Kier molecular flexibility index (Phi) is 4.96. The van der Waals surface area contributed by atoms with Gasteiger partial charge < -0.3 is 14.2 Å². The van der Waals surface area contributed by atoms with Gasteiger partial charge in [-0.15, -0.1) is 0 Å². The van der Waals surface area contributed by atoms with E-state index in [0.717, 1.165) is 55.8 Å². The summed E-state index contributed by atoms with van der Waals surface area (Å²) in [6, 6.07) is 7.75. The molecule has 0 saturated carbocycles. The Labute approximate surface area is 154 Å². The molecule has 5 heteroatoms. The van der Waals surface area contributed by atoms with Gasteiger partial charge in [-0.1, -0.05) is 17.3 Å². The lowest BCUT2D eigenvalue weighted by atomic mass is 9.87. The third-order valence-corrected chi connectivity index (χ3v) is 5.70. The van der Waals surface area contributed by atoms with Crippen molar-refractivity contribution in [2.75, 3.05) is 20.2 Å². The number of ether oxygens (including phenoxy) is 1. The lowest BCUT2D eigenvalue weighted by Gasteiger charge is -2.31. The average Bonchev–Trinajstić information content (AvgIpc) is 3.12. The zero-order valence-corrected chi connectivity index (χ0v) is 15.4. The Morgan fingerprint density at radius 1 is 1.27 bits per heavy atom. The van der Waals surface area contributed by atoms with E-state index in [-0.39, 0.29) is 5.91 Å². The Balaban J connectivity index is 1.36. The first-order valence-electron chi connectivity index (χ1n) is 9.62. The maximum Gasteiger partial charge on any atom is 0.226 e. The average molecular weight is 354 g/mol. The number of benzene rings is 1. The molecule has 1 fully saturated rings. The number of nitrogens with zero attached hydrogens (tertiary/aromatic N) is 2. The first-order valence-corrected chi connectivity index (χ1v) is 9.62. The van der Waals surface area contributed by atoms with Gasteiger partial charge in [-0.25, -0.2) is 0 Å². The van der Waals surface area contributed by atoms with E-state index < -0.39 is 0 Å². The molecule has 5 nitrogen and oxygen atoms in total. The van der Waals surface area contributed by atoms with Crippen molar-refractivity contribution in [3.8, 4) is 5.75 Å². The summed E-state index contributed by atoms with van der Waals surface area (Å²) in [5.41, 5.74) is 3.53. The van der Waals surface area contributed by atoms with Crippen LogP contribution in [0.5, 0.6) is 5.75 Å². The normalized spacial score (nSPS) is 17.8. The monoisotopic (exact) mass is 354 g/mol. The molecule has 2 aliphatic rings. The summed E-state index contributed by atoms with van der Waals surface area (Å²) >= 11 is 0. The van der Waals surface area contributed by atoms with Gasteiger partial charge in [0.15, 0.2) is 0 Å². The summed E-state index contributed by atoms with van der Waals surface area (Å²) in [5, 5.41) is 4.29. The molecule has 1 aliphatic heterocycles. The van der Waals surface area contributed by atoms with Gasteiger partial charge in [0, 0.05) is 24.6 Å². The molecule has 0 bridgehead atoms. The first kappa shape index (κ1) is 17.1. The Morgan fingerprint density at radius 2 is 2.08 bits per heavy atom. The third-order valence-electron chi connectivity index (χ3n) is 5.70. The number of piperidine rings is 1. The van der Waals surface area contributed by atoms with Crippen LogP contribution in [0.2, 0.25) is 0 Å². The quantitative estimate of drug-likeness (QED) is 0.843. The number of carbonyl (C=O) groups excluding carboxylic acids is 1. The van der Waals surface area contributed by atoms with Crippen LogP contribution in [0.1, 0.15) is 54.2 Å². The van der Waals surface area contributed by atoms with E-state index in [0.29, 0.717) is 12.3 Å². The minimum atomic E-state index is 0.191. The number of amides is 1. The molecule has 1 aliphatic carbocycles. The van der Waals surface area contributed by atoms with Crippen LogP contribution < -0.4 is 4.74 Å². The smallest absolute Gasteiger partial charge is 0.226 e. The topological polar surface area (TPSA) is 55.6 Å². The predicted molar refractivity (Wildman–Crippen MR) is 98.4 cm³/mol. The molecule has 0 atom stereocenters. The van der Waals surface area contributed by atoms with Crippen molar-refractivity contribution in [1.29, 1.82) is 0 Å². The molecule has 0 radical (unpaired) electrons. The van der Waals surface area contributed by atoms with Crippen LogP contribution in [0.15, 0.2) is 28.8 Å².